The van der Waals surface area contributed by atoms with Crippen LogP contribution in [0, 0.1) is 5.82 Å². The Bertz CT molecular complexity index is 525. The molecule has 2 rings (SSSR count). The highest BCUT2D eigenvalue weighted by molar-refractivity contribution is 7.98. The van der Waals surface area contributed by atoms with Gasteiger partial charge in [0.05, 0.1) is 0 Å². The van der Waals surface area contributed by atoms with Crippen molar-refractivity contribution >= 4 is 18.0 Å². The summed E-state index contributed by atoms with van der Waals surface area (Å²) in [7, 11) is 0. The summed E-state index contributed by atoms with van der Waals surface area (Å²) in [6.07, 6.45) is 0.857. The van der Waals surface area contributed by atoms with Gasteiger partial charge in [0.2, 0.25) is 0 Å². The Morgan fingerprint density at radius 2 is 1.89 bits per heavy atom. The average molecular weight is 260 g/mol. The first-order valence-electron chi connectivity index (χ1n) is 5.68. The molecule has 3 heteroatoms. The van der Waals surface area contributed by atoms with Crippen molar-refractivity contribution in [2.45, 2.75) is 17.1 Å². The molecule has 0 N–H and O–H groups in total. The number of aldehydes is 1. The Morgan fingerprint density at radius 1 is 1.11 bits per heavy atom. The van der Waals surface area contributed by atoms with Crippen molar-refractivity contribution < 1.29 is 9.18 Å². The van der Waals surface area contributed by atoms with E-state index < -0.39 is 0 Å². The van der Waals surface area contributed by atoms with Gasteiger partial charge in [0.25, 0.3) is 0 Å². The second-order valence-corrected chi connectivity index (χ2v) is 4.95. The standard InChI is InChI=1S/C15H13FOS/c16-15-7-6-14(10-13(15)8-9-17)18-11-12-4-2-1-3-5-12/h1-7,9-10H,8,11H2. The predicted molar refractivity (Wildman–Crippen MR) is 72.2 cm³/mol. The monoisotopic (exact) mass is 260 g/mol. The first kappa shape index (κ1) is 12.8. The van der Waals surface area contributed by atoms with E-state index in [1.54, 1.807) is 23.9 Å². The zero-order chi connectivity index (χ0) is 12.8. The number of carbonyl (C=O) groups is 1. The van der Waals surface area contributed by atoms with Gasteiger partial charge in [0.1, 0.15) is 12.1 Å². The molecule has 0 saturated heterocycles. The normalized spacial score (nSPS) is 10.3. The lowest BCUT2D eigenvalue weighted by Crippen LogP contribution is -1.92. The van der Waals surface area contributed by atoms with Gasteiger partial charge in [-0.2, -0.15) is 0 Å². The zero-order valence-electron chi connectivity index (χ0n) is 9.80. The quantitative estimate of drug-likeness (QED) is 0.600. The van der Waals surface area contributed by atoms with Crippen molar-refractivity contribution in [2.75, 3.05) is 0 Å². The SMILES string of the molecule is O=CCc1cc(SCc2ccccc2)ccc1F. The highest BCUT2D eigenvalue weighted by Crippen LogP contribution is 2.24. The van der Waals surface area contributed by atoms with Crippen LogP contribution >= 0.6 is 11.8 Å². The summed E-state index contributed by atoms with van der Waals surface area (Å²) < 4.78 is 13.4. The van der Waals surface area contributed by atoms with Crippen LogP contribution in [-0.4, -0.2) is 6.29 Å². The summed E-state index contributed by atoms with van der Waals surface area (Å²) in [5.74, 6) is 0.527. The molecule has 0 aliphatic heterocycles. The van der Waals surface area contributed by atoms with E-state index in [0.29, 0.717) is 5.56 Å². The molecule has 0 atom stereocenters. The Labute approximate surface area is 110 Å². The fraction of sp³-hybridized carbons (Fsp3) is 0.133. The fourth-order valence-corrected chi connectivity index (χ4v) is 2.54. The number of hydrogen-bond donors (Lipinski definition) is 0. The topological polar surface area (TPSA) is 17.1 Å². The minimum absolute atomic E-state index is 0.131. The number of thioether (sulfide) groups is 1. The number of hydrogen-bond acceptors (Lipinski definition) is 2. The first-order chi connectivity index (χ1) is 8.79. The van der Waals surface area contributed by atoms with Gasteiger partial charge in [-0.3, -0.25) is 0 Å². The van der Waals surface area contributed by atoms with Crippen LogP contribution in [-0.2, 0) is 17.0 Å². The third kappa shape index (κ3) is 3.44. The molecule has 0 aromatic heterocycles. The van der Waals surface area contributed by atoms with E-state index in [-0.39, 0.29) is 12.2 Å². The molecule has 0 unspecified atom stereocenters. The van der Waals surface area contributed by atoms with Crippen LogP contribution in [0.2, 0.25) is 0 Å². The summed E-state index contributed by atoms with van der Waals surface area (Å²) in [6.45, 7) is 0. The summed E-state index contributed by atoms with van der Waals surface area (Å²) in [5.41, 5.74) is 1.69. The van der Waals surface area contributed by atoms with Crippen molar-refractivity contribution in [3.05, 3.63) is 65.5 Å². The molecule has 18 heavy (non-hydrogen) atoms. The van der Waals surface area contributed by atoms with E-state index in [9.17, 15) is 9.18 Å². The largest absolute Gasteiger partial charge is 0.303 e. The highest BCUT2D eigenvalue weighted by atomic mass is 32.2. The van der Waals surface area contributed by atoms with Crippen LogP contribution in [0.5, 0.6) is 0 Å². The van der Waals surface area contributed by atoms with Gasteiger partial charge in [0, 0.05) is 17.1 Å². The molecular weight excluding hydrogens is 247 g/mol. The Morgan fingerprint density at radius 3 is 2.61 bits per heavy atom. The van der Waals surface area contributed by atoms with Crippen LogP contribution in [0.15, 0.2) is 53.4 Å². The van der Waals surface area contributed by atoms with Crippen LogP contribution in [0.4, 0.5) is 4.39 Å². The van der Waals surface area contributed by atoms with E-state index in [2.05, 4.69) is 12.1 Å². The van der Waals surface area contributed by atoms with E-state index in [1.807, 2.05) is 18.2 Å². The average Bonchev–Trinajstić information content (AvgIpc) is 2.41. The molecule has 0 fully saturated rings. The van der Waals surface area contributed by atoms with Gasteiger partial charge in [-0.05, 0) is 29.3 Å². The second-order valence-electron chi connectivity index (χ2n) is 3.90. The van der Waals surface area contributed by atoms with Gasteiger partial charge in [-0.15, -0.1) is 11.8 Å². The second kappa shape index (κ2) is 6.36. The van der Waals surface area contributed by atoms with E-state index in [0.717, 1.165) is 16.9 Å². The molecule has 0 aliphatic carbocycles. The summed E-state index contributed by atoms with van der Waals surface area (Å²) in [5, 5.41) is 0. The van der Waals surface area contributed by atoms with Gasteiger partial charge >= 0.3 is 0 Å². The molecule has 92 valence electrons. The maximum absolute atomic E-state index is 13.4. The van der Waals surface area contributed by atoms with Gasteiger partial charge in [-0.1, -0.05) is 30.3 Å². The van der Waals surface area contributed by atoms with Crippen molar-refractivity contribution in [2.24, 2.45) is 0 Å². The van der Waals surface area contributed by atoms with Crippen LogP contribution in [0.1, 0.15) is 11.1 Å². The lowest BCUT2D eigenvalue weighted by Gasteiger charge is -2.05. The lowest BCUT2D eigenvalue weighted by molar-refractivity contribution is -0.107. The Kier molecular flexibility index (Phi) is 4.53. The Balaban J connectivity index is 2.05. The molecule has 0 bridgehead atoms. The zero-order valence-corrected chi connectivity index (χ0v) is 10.6. The van der Waals surface area contributed by atoms with Gasteiger partial charge < -0.3 is 4.79 Å². The summed E-state index contributed by atoms with van der Waals surface area (Å²) in [6, 6.07) is 15.0. The smallest absolute Gasteiger partial charge is 0.126 e. The maximum Gasteiger partial charge on any atom is 0.126 e. The van der Waals surface area contributed by atoms with E-state index in [1.165, 1.54) is 11.6 Å². The van der Waals surface area contributed by atoms with Crippen molar-refractivity contribution in [1.82, 2.24) is 0 Å². The lowest BCUT2D eigenvalue weighted by atomic mass is 10.1. The molecule has 0 radical (unpaired) electrons. The molecular formula is C15H13FOS. The number of benzene rings is 2. The maximum atomic E-state index is 13.4. The number of carbonyl (C=O) groups excluding carboxylic acids is 1. The minimum atomic E-state index is -0.314. The number of rotatable bonds is 5. The first-order valence-corrected chi connectivity index (χ1v) is 6.67. The van der Waals surface area contributed by atoms with Crippen molar-refractivity contribution in [1.29, 1.82) is 0 Å². The predicted octanol–water partition coefficient (Wildman–Crippen LogP) is 3.86. The highest BCUT2D eigenvalue weighted by Gasteiger charge is 2.04. The Hall–Kier alpha value is -1.61. The van der Waals surface area contributed by atoms with Gasteiger partial charge in [0.15, 0.2) is 0 Å². The molecule has 0 saturated carbocycles. The number of halogens is 1. The minimum Gasteiger partial charge on any atom is -0.303 e. The molecule has 0 amide bonds. The van der Waals surface area contributed by atoms with Crippen molar-refractivity contribution in [3.8, 4) is 0 Å². The van der Waals surface area contributed by atoms with Crippen LogP contribution in [0.3, 0.4) is 0 Å². The van der Waals surface area contributed by atoms with Crippen molar-refractivity contribution in [3.63, 3.8) is 0 Å². The molecule has 0 aliphatic rings. The van der Waals surface area contributed by atoms with E-state index >= 15 is 0 Å². The fourth-order valence-electron chi connectivity index (χ4n) is 1.63. The van der Waals surface area contributed by atoms with Crippen LogP contribution in [0.25, 0.3) is 0 Å². The molecule has 0 spiro atoms. The van der Waals surface area contributed by atoms with Gasteiger partial charge in [-0.25, -0.2) is 4.39 Å². The third-order valence-electron chi connectivity index (χ3n) is 2.57. The molecule has 2 aromatic rings. The third-order valence-corrected chi connectivity index (χ3v) is 3.63. The van der Waals surface area contributed by atoms with Crippen LogP contribution < -0.4 is 0 Å². The molecule has 1 nitrogen and oxygen atoms in total. The summed E-state index contributed by atoms with van der Waals surface area (Å²) in [4.78, 5) is 11.4. The van der Waals surface area contributed by atoms with E-state index in [4.69, 9.17) is 0 Å². The molecule has 2 aromatic carbocycles. The molecule has 0 heterocycles. The summed E-state index contributed by atoms with van der Waals surface area (Å²) >= 11 is 1.64.